The minimum atomic E-state index is 0.547. The summed E-state index contributed by atoms with van der Waals surface area (Å²) >= 11 is 7.56. The van der Waals surface area contributed by atoms with Crippen LogP contribution < -0.4 is 0 Å². The van der Waals surface area contributed by atoms with Crippen LogP contribution in [-0.2, 0) is 12.3 Å². The minimum absolute atomic E-state index is 0.547. The van der Waals surface area contributed by atoms with E-state index in [1.807, 2.05) is 0 Å². The summed E-state index contributed by atoms with van der Waals surface area (Å²) < 4.78 is 0. The van der Waals surface area contributed by atoms with Gasteiger partial charge >= 0.3 is 0 Å². The summed E-state index contributed by atoms with van der Waals surface area (Å²) in [5, 5.41) is 3.35. The molecule has 2 unspecified atom stereocenters. The van der Waals surface area contributed by atoms with E-state index >= 15 is 0 Å². The van der Waals surface area contributed by atoms with Crippen LogP contribution in [0.1, 0.15) is 42.8 Å². The molecular weight excluding hydrogens is 264 g/mol. The number of halogens is 1. The molecule has 2 atom stereocenters. The van der Waals surface area contributed by atoms with Crippen LogP contribution in [-0.4, -0.2) is 29.0 Å². The Balaban J connectivity index is 1.53. The third-order valence-electron chi connectivity index (χ3n) is 4.47. The molecule has 0 N–H and O–H groups in total. The molecule has 1 saturated carbocycles. The fourth-order valence-electron chi connectivity index (χ4n) is 3.54. The van der Waals surface area contributed by atoms with E-state index in [-0.39, 0.29) is 0 Å². The van der Waals surface area contributed by atoms with Crippen LogP contribution in [0.5, 0.6) is 0 Å². The second-order valence-corrected chi connectivity index (χ2v) is 6.76. The molecule has 0 spiro atoms. The number of fused-ring (bicyclic) bond motifs is 1. The summed E-state index contributed by atoms with van der Waals surface area (Å²) in [5.41, 5.74) is 1.04. The molecule has 1 aliphatic carbocycles. The molecule has 2 heterocycles. The van der Waals surface area contributed by atoms with Gasteiger partial charge in [-0.25, -0.2) is 4.98 Å². The lowest BCUT2D eigenvalue weighted by Crippen LogP contribution is -2.36. The molecule has 0 bridgehead atoms. The zero-order valence-corrected chi connectivity index (χ0v) is 12.3. The highest BCUT2D eigenvalue weighted by Gasteiger charge is 2.35. The Morgan fingerprint density at radius 2 is 2.22 bits per heavy atom. The first kappa shape index (κ1) is 12.9. The van der Waals surface area contributed by atoms with Crippen molar-refractivity contribution < 1.29 is 0 Å². The Bertz CT molecular complexity index is 393. The standard InChI is InChI=1S/C14H21ClN2S/c15-9-12-10-18-14(16-12)6-8-17-7-5-11-3-1-2-4-13(11)17/h10-11,13H,1-9H2. The molecule has 0 aromatic carbocycles. The van der Waals surface area contributed by atoms with E-state index in [1.54, 1.807) is 11.3 Å². The number of likely N-dealkylation sites (tertiary alicyclic amines) is 1. The molecule has 0 amide bonds. The van der Waals surface area contributed by atoms with Crippen molar-refractivity contribution in [2.24, 2.45) is 5.92 Å². The van der Waals surface area contributed by atoms with Crippen LogP contribution in [0.3, 0.4) is 0 Å². The molecule has 2 aliphatic rings. The van der Waals surface area contributed by atoms with Crippen LogP contribution in [0, 0.1) is 5.92 Å². The van der Waals surface area contributed by atoms with Crippen LogP contribution in [0.2, 0.25) is 0 Å². The van der Waals surface area contributed by atoms with Gasteiger partial charge in [-0.3, -0.25) is 4.90 Å². The number of thiazole rings is 1. The van der Waals surface area contributed by atoms with E-state index in [0.29, 0.717) is 5.88 Å². The van der Waals surface area contributed by atoms with Crippen molar-refractivity contribution >= 4 is 22.9 Å². The summed E-state index contributed by atoms with van der Waals surface area (Å²) in [6.45, 7) is 2.50. The van der Waals surface area contributed by atoms with E-state index in [1.165, 1.54) is 50.2 Å². The van der Waals surface area contributed by atoms with Gasteiger partial charge in [-0.1, -0.05) is 12.8 Å². The third kappa shape index (κ3) is 2.73. The molecule has 2 nitrogen and oxygen atoms in total. The van der Waals surface area contributed by atoms with Crippen molar-refractivity contribution in [3.05, 3.63) is 16.1 Å². The molecule has 100 valence electrons. The maximum absolute atomic E-state index is 5.79. The summed E-state index contributed by atoms with van der Waals surface area (Å²) in [4.78, 5) is 7.27. The van der Waals surface area contributed by atoms with Gasteiger partial charge < -0.3 is 0 Å². The van der Waals surface area contributed by atoms with E-state index < -0.39 is 0 Å². The lowest BCUT2D eigenvalue weighted by Gasteiger charge is -2.31. The van der Waals surface area contributed by atoms with Gasteiger partial charge in [-0.15, -0.1) is 22.9 Å². The van der Waals surface area contributed by atoms with E-state index in [4.69, 9.17) is 11.6 Å². The Morgan fingerprint density at radius 1 is 1.33 bits per heavy atom. The molecule has 2 fully saturated rings. The highest BCUT2D eigenvalue weighted by atomic mass is 35.5. The minimum Gasteiger partial charge on any atom is -0.300 e. The largest absolute Gasteiger partial charge is 0.300 e. The van der Waals surface area contributed by atoms with Crippen LogP contribution >= 0.6 is 22.9 Å². The smallest absolute Gasteiger partial charge is 0.0941 e. The molecule has 1 aromatic rings. The zero-order valence-electron chi connectivity index (χ0n) is 10.8. The van der Waals surface area contributed by atoms with Crippen molar-refractivity contribution in [3.63, 3.8) is 0 Å². The molecule has 1 saturated heterocycles. The first-order valence-corrected chi connectivity index (χ1v) is 8.51. The van der Waals surface area contributed by atoms with Crippen molar-refractivity contribution in [2.75, 3.05) is 13.1 Å². The number of aromatic nitrogens is 1. The third-order valence-corrected chi connectivity index (χ3v) is 5.71. The zero-order chi connectivity index (χ0) is 12.4. The average molecular weight is 285 g/mol. The Labute approximate surface area is 118 Å². The second kappa shape index (κ2) is 5.89. The van der Waals surface area contributed by atoms with Crippen molar-refractivity contribution in [1.82, 2.24) is 9.88 Å². The Morgan fingerprint density at radius 3 is 3.06 bits per heavy atom. The summed E-state index contributed by atoms with van der Waals surface area (Å²) in [6.07, 6.45) is 8.32. The van der Waals surface area contributed by atoms with Gasteiger partial charge in [-0.2, -0.15) is 0 Å². The van der Waals surface area contributed by atoms with Crippen molar-refractivity contribution in [2.45, 2.75) is 50.4 Å². The monoisotopic (exact) mass is 284 g/mol. The normalized spacial score (nSPS) is 28.5. The van der Waals surface area contributed by atoms with Gasteiger partial charge in [0.15, 0.2) is 0 Å². The Kier molecular flexibility index (Phi) is 4.22. The predicted molar refractivity (Wildman–Crippen MR) is 77.3 cm³/mol. The quantitative estimate of drug-likeness (QED) is 0.784. The Hall–Kier alpha value is -0.120. The summed E-state index contributed by atoms with van der Waals surface area (Å²) in [5.74, 6) is 1.54. The summed E-state index contributed by atoms with van der Waals surface area (Å²) in [7, 11) is 0. The molecule has 3 rings (SSSR count). The van der Waals surface area contributed by atoms with Crippen LogP contribution in [0.15, 0.2) is 5.38 Å². The number of alkyl halides is 1. The molecule has 1 aromatic heterocycles. The van der Waals surface area contributed by atoms with E-state index in [0.717, 1.165) is 24.1 Å². The first-order chi connectivity index (χ1) is 8.86. The molecule has 1 aliphatic heterocycles. The number of nitrogens with zero attached hydrogens (tertiary/aromatic N) is 2. The highest BCUT2D eigenvalue weighted by Crippen LogP contribution is 2.36. The maximum atomic E-state index is 5.79. The van der Waals surface area contributed by atoms with E-state index in [2.05, 4.69) is 15.3 Å². The van der Waals surface area contributed by atoms with Gasteiger partial charge in [0, 0.05) is 24.4 Å². The molecule has 0 radical (unpaired) electrons. The van der Waals surface area contributed by atoms with Crippen molar-refractivity contribution in [1.29, 1.82) is 0 Å². The summed E-state index contributed by atoms with van der Waals surface area (Å²) in [6, 6.07) is 0.881. The number of rotatable bonds is 4. The lowest BCUT2D eigenvalue weighted by atomic mass is 9.85. The fraction of sp³-hybridized carbons (Fsp3) is 0.786. The topological polar surface area (TPSA) is 16.1 Å². The van der Waals surface area contributed by atoms with E-state index in [9.17, 15) is 0 Å². The van der Waals surface area contributed by atoms with Gasteiger partial charge in [0.1, 0.15) is 0 Å². The average Bonchev–Trinajstić information content (AvgIpc) is 3.03. The van der Waals surface area contributed by atoms with Crippen LogP contribution in [0.25, 0.3) is 0 Å². The molecule has 18 heavy (non-hydrogen) atoms. The second-order valence-electron chi connectivity index (χ2n) is 5.55. The first-order valence-electron chi connectivity index (χ1n) is 7.10. The highest BCUT2D eigenvalue weighted by molar-refractivity contribution is 7.09. The molecule has 4 heteroatoms. The van der Waals surface area contributed by atoms with Gasteiger partial charge in [0.2, 0.25) is 0 Å². The van der Waals surface area contributed by atoms with Gasteiger partial charge in [0.25, 0.3) is 0 Å². The van der Waals surface area contributed by atoms with Gasteiger partial charge in [0.05, 0.1) is 16.6 Å². The molecular formula is C14H21ClN2S. The number of hydrogen-bond acceptors (Lipinski definition) is 3. The lowest BCUT2D eigenvalue weighted by molar-refractivity contribution is 0.184. The predicted octanol–water partition coefficient (Wildman–Crippen LogP) is 3.69. The number of hydrogen-bond donors (Lipinski definition) is 0. The van der Waals surface area contributed by atoms with Gasteiger partial charge in [-0.05, 0) is 31.7 Å². The van der Waals surface area contributed by atoms with Crippen molar-refractivity contribution in [3.8, 4) is 0 Å². The maximum Gasteiger partial charge on any atom is 0.0941 e. The fourth-order valence-corrected chi connectivity index (χ4v) is 4.56. The SMILES string of the molecule is ClCc1csc(CCN2CCC3CCCCC32)n1. The van der Waals surface area contributed by atoms with Crippen LogP contribution in [0.4, 0.5) is 0 Å².